The largest absolute Gasteiger partial charge is 0.341 e. The van der Waals surface area contributed by atoms with Crippen LogP contribution >= 0.6 is 11.8 Å². The smallest absolute Gasteiger partial charge is 0.233 e. The molecule has 0 bridgehead atoms. The summed E-state index contributed by atoms with van der Waals surface area (Å²) < 4.78 is 25.8. The Balaban J connectivity index is 1.54. The lowest BCUT2D eigenvalue weighted by Crippen LogP contribution is -2.42. The normalized spacial score (nSPS) is 20.4. The molecule has 1 aromatic carbocycles. The highest BCUT2D eigenvalue weighted by Crippen LogP contribution is 2.29. The number of aromatic nitrogens is 3. The van der Waals surface area contributed by atoms with Gasteiger partial charge in [0.05, 0.1) is 22.9 Å². The fraction of sp³-hybridized carbons (Fsp3) is 0.591. The Hall–Kier alpha value is -2.07. The number of thioether (sulfide) groups is 1. The van der Waals surface area contributed by atoms with E-state index in [1.165, 1.54) is 23.7 Å². The van der Waals surface area contributed by atoms with E-state index >= 15 is 0 Å². The fourth-order valence-electron chi connectivity index (χ4n) is 4.44. The lowest BCUT2D eigenvalue weighted by molar-refractivity contribution is -0.129. The van der Waals surface area contributed by atoms with Crippen molar-refractivity contribution in [2.24, 2.45) is 0 Å². The van der Waals surface area contributed by atoms with Gasteiger partial charge in [0.15, 0.2) is 15.0 Å². The Bertz CT molecular complexity index is 1050. The molecule has 0 N–H and O–H groups in total. The molecule has 2 saturated heterocycles. The average molecular weight is 478 g/mol. The van der Waals surface area contributed by atoms with Gasteiger partial charge < -0.3 is 9.80 Å². The number of anilines is 1. The number of hydrogen-bond donors (Lipinski definition) is 0. The van der Waals surface area contributed by atoms with Gasteiger partial charge in [-0.15, -0.1) is 10.2 Å². The molecule has 0 aliphatic carbocycles. The maximum atomic E-state index is 13.0. The van der Waals surface area contributed by atoms with Gasteiger partial charge in [-0.25, -0.2) is 8.42 Å². The van der Waals surface area contributed by atoms with E-state index in [9.17, 15) is 13.2 Å². The van der Waals surface area contributed by atoms with Gasteiger partial charge in [-0.2, -0.15) is 0 Å². The number of amides is 1. The summed E-state index contributed by atoms with van der Waals surface area (Å²) in [6, 6.07) is 8.01. The zero-order chi connectivity index (χ0) is 22.7. The van der Waals surface area contributed by atoms with Crippen LogP contribution in [0.3, 0.4) is 0 Å². The highest BCUT2D eigenvalue weighted by atomic mass is 32.2. The SMILES string of the molecule is CCN(C(=O)CSc1nnc(N2CCCCC2)n1-c1ccc(C)cc1)C1CCS(=O)(=O)C1. The van der Waals surface area contributed by atoms with Crippen LogP contribution in [-0.4, -0.2) is 76.9 Å². The monoisotopic (exact) mass is 477 g/mol. The summed E-state index contributed by atoms with van der Waals surface area (Å²) in [7, 11) is -3.04. The van der Waals surface area contributed by atoms with E-state index in [1.54, 1.807) is 4.90 Å². The minimum Gasteiger partial charge on any atom is -0.341 e. The number of carbonyl (C=O) groups excluding carboxylic acids is 1. The molecule has 2 fully saturated rings. The van der Waals surface area contributed by atoms with Gasteiger partial charge in [-0.05, 0) is 51.7 Å². The molecule has 1 aromatic heterocycles. The van der Waals surface area contributed by atoms with Gasteiger partial charge in [0.25, 0.3) is 0 Å². The maximum absolute atomic E-state index is 13.0. The van der Waals surface area contributed by atoms with Gasteiger partial charge in [0, 0.05) is 25.7 Å². The molecular formula is C22H31N5O3S2. The van der Waals surface area contributed by atoms with E-state index in [1.807, 2.05) is 11.5 Å². The van der Waals surface area contributed by atoms with Crippen molar-refractivity contribution in [2.75, 3.05) is 41.8 Å². The first-order valence-corrected chi connectivity index (χ1v) is 14.1. The lowest BCUT2D eigenvalue weighted by Gasteiger charge is -2.28. The van der Waals surface area contributed by atoms with Crippen LogP contribution in [0.15, 0.2) is 29.4 Å². The van der Waals surface area contributed by atoms with Crippen LogP contribution < -0.4 is 4.90 Å². The summed E-state index contributed by atoms with van der Waals surface area (Å²) in [5.74, 6) is 1.19. The van der Waals surface area contributed by atoms with Gasteiger partial charge in [0.1, 0.15) is 0 Å². The lowest BCUT2D eigenvalue weighted by atomic mass is 10.1. The minimum atomic E-state index is -3.04. The van der Waals surface area contributed by atoms with Gasteiger partial charge >= 0.3 is 0 Å². The third kappa shape index (κ3) is 5.11. The predicted molar refractivity (Wildman–Crippen MR) is 127 cm³/mol. The van der Waals surface area contributed by atoms with Crippen LogP contribution in [0.5, 0.6) is 0 Å². The molecule has 0 saturated carbocycles. The van der Waals surface area contributed by atoms with Crippen molar-refractivity contribution in [3.63, 3.8) is 0 Å². The van der Waals surface area contributed by atoms with Gasteiger partial charge in [0.2, 0.25) is 11.9 Å². The third-order valence-corrected chi connectivity index (χ3v) is 8.85. The molecule has 1 unspecified atom stereocenters. The molecule has 4 rings (SSSR count). The minimum absolute atomic E-state index is 0.0578. The molecule has 2 aromatic rings. The second-order valence-electron chi connectivity index (χ2n) is 8.53. The van der Waals surface area contributed by atoms with Crippen molar-refractivity contribution < 1.29 is 13.2 Å². The first kappa shape index (κ1) is 23.1. The van der Waals surface area contributed by atoms with E-state index in [0.717, 1.165) is 37.6 Å². The van der Waals surface area contributed by atoms with Crippen LogP contribution in [0, 0.1) is 6.92 Å². The molecule has 8 nitrogen and oxygen atoms in total. The first-order valence-electron chi connectivity index (χ1n) is 11.3. The Morgan fingerprint density at radius 2 is 1.88 bits per heavy atom. The van der Waals surface area contributed by atoms with Crippen molar-refractivity contribution in [3.8, 4) is 5.69 Å². The van der Waals surface area contributed by atoms with E-state index in [-0.39, 0.29) is 29.2 Å². The number of sulfone groups is 1. The second kappa shape index (κ2) is 9.82. The van der Waals surface area contributed by atoms with Crippen LogP contribution in [0.1, 0.15) is 38.2 Å². The first-order chi connectivity index (χ1) is 15.4. The fourth-order valence-corrected chi connectivity index (χ4v) is 7.01. The number of rotatable bonds is 7. The molecule has 2 aliphatic rings. The van der Waals surface area contributed by atoms with Crippen molar-refractivity contribution in [1.82, 2.24) is 19.7 Å². The van der Waals surface area contributed by atoms with Gasteiger partial charge in [-0.3, -0.25) is 9.36 Å². The number of nitrogens with zero attached hydrogens (tertiary/aromatic N) is 5. The highest BCUT2D eigenvalue weighted by Gasteiger charge is 2.34. The topological polar surface area (TPSA) is 88.4 Å². The molecule has 174 valence electrons. The van der Waals surface area contributed by atoms with Gasteiger partial charge in [-0.1, -0.05) is 29.5 Å². The Kier molecular flexibility index (Phi) is 7.09. The highest BCUT2D eigenvalue weighted by molar-refractivity contribution is 7.99. The summed E-state index contributed by atoms with van der Waals surface area (Å²) in [6.45, 7) is 6.36. The van der Waals surface area contributed by atoms with E-state index in [0.29, 0.717) is 18.1 Å². The van der Waals surface area contributed by atoms with Crippen LogP contribution in [0.25, 0.3) is 5.69 Å². The van der Waals surface area contributed by atoms with Crippen LogP contribution in [-0.2, 0) is 14.6 Å². The number of aryl methyl sites for hydroxylation is 1. The molecule has 1 atom stereocenters. The van der Waals surface area contributed by atoms with Crippen LogP contribution in [0.4, 0.5) is 5.95 Å². The molecule has 32 heavy (non-hydrogen) atoms. The van der Waals surface area contributed by atoms with E-state index < -0.39 is 9.84 Å². The summed E-state index contributed by atoms with van der Waals surface area (Å²) in [5.41, 5.74) is 2.15. The predicted octanol–water partition coefficient (Wildman–Crippen LogP) is 2.69. The number of piperidine rings is 1. The Labute approximate surface area is 194 Å². The second-order valence-corrected chi connectivity index (χ2v) is 11.7. The van der Waals surface area contributed by atoms with Crippen molar-refractivity contribution >= 4 is 33.5 Å². The number of carbonyl (C=O) groups is 1. The van der Waals surface area contributed by atoms with E-state index in [4.69, 9.17) is 0 Å². The summed E-state index contributed by atoms with van der Waals surface area (Å²) >= 11 is 1.36. The molecule has 0 spiro atoms. The van der Waals surface area contributed by atoms with Crippen LogP contribution in [0.2, 0.25) is 0 Å². The number of hydrogen-bond acceptors (Lipinski definition) is 7. The quantitative estimate of drug-likeness (QED) is 0.567. The molecule has 10 heteroatoms. The Morgan fingerprint density at radius 3 is 2.50 bits per heavy atom. The molecular weight excluding hydrogens is 446 g/mol. The zero-order valence-electron chi connectivity index (χ0n) is 18.7. The average Bonchev–Trinajstić information content (AvgIpc) is 3.37. The summed E-state index contributed by atoms with van der Waals surface area (Å²) in [6.07, 6.45) is 4.02. The van der Waals surface area contributed by atoms with Crippen molar-refractivity contribution in [2.45, 2.75) is 50.7 Å². The molecule has 1 amide bonds. The molecule has 0 radical (unpaired) electrons. The molecule has 2 aliphatic heterocycles. The molecule has 3 heterocycles. The van der Waals surface area contributed by atoms with E-state index in [2.05, 4.69) is 46.3 Å². The summed E-state index contributed by atoms with van der Waals surface area (Å²) in [5, 5.41) is 9.61. The summed E-state index contributed by atoms with van der Waals surface area (Å²) in [4.78, 5) is 17.0. The third-order valence-electron chi connectivity index (χ3n) is 6.18. The maximum Gasteiger partial charge on any atom is 0.233 e. The number of benzene rings is 1. The zero-order valence-corrected chi connectivity index (χ0v) is 20.4. The van der Waals surface area contributed by atoms with Crippen molar-refractivity contribution in [3.05, 3.63) is 29.8 Å². The van der Waals surface area contributed by atoms with Crippen molar-refractivity contribution in [1.29, 1.82) is 0 Å². The Morgan fingerprint density at radius 1 is 1.16 bits per heavy atom. The standard InChI is InChI=1S/C22H31N5O3S2/c1-3-26(19-11-14-32(29,30)16-19)20(28)15-31-22-24-23-21(25-12-5-4-6-13-25)27(22)18-9-7-17(2)8-10-18/h7-10,19H,3-6,11-16H2,1-2H3.